The van der Waals surface area contributed by atoms with Gasteiger partial charge in [-0.05, 0) is 107 Å². The van der Waals surface area contributed by atoms with Crippen LogP contribution >= 0.6 is 29.7 Å². The van der Waals surface area contributed by atoms with Crippen molar-refractivity contribution in [3.8, 4) is 17.2 Å². The van der Waals surface area contributed by atoms with E-state index in [9.17, 15) is 33.5 Å². The van der Waals surface area contributed by atoms with Gasteiger partial charge in [-0.2, -0.15) is 25.3 Å². The normalized spacial score (nSPS) is 11.8. The summed E-state index contributed by atoms with van der Waals surface area (Å²) in [6.07, 6.45) is 1.18. The second-order valence-electron chi connectivity index (χ2n) is 26.3. The van der Waals surface area contributed by atoms with Gasteiger partial charge in [-0.1, -0.05) is 218 Å². The lowest BCUT2D eigenvalue weighted by atomic mass is 9.78. The van der Waals surface area contributed by atoms with Crippen LogP contribution in [-0.2, 0) is 65.7 Å². The van der Waals surface area contributed by atoms with Crippen LogP contribution in [0.4, 0.5) is 13.0 Å². The average molecular weight is 1560 g/mol. The molecule has 0 unspecified atom stereocenters. The molecule has 0 aliphatic carbocycles. The number of aryl methyl sites for hydroxylation is 1. The van der Waals surface area contributed by atoms with Gasteiger partial charge in [0.2, 0.25) is 8.32 Å². The van der Waals surface area contributed by atoms with Crippen LogP contribution < -0.4 is 34.0 Å². The van der Waals surface area contributed by atoms with Gasteiger partial charge in [0.15, 0.2) is 0 Å². The molecule has 0 aliphatic heterocycles. The predicted octanol–water partition coefficient (Wildman–Crippen LogP) is 13.1. The molecule has 0 radical (unpaired) electrons. The molecule has 2 heterocycles. The summed E-state index contributed by atoms with van der Waals surface area (Å²) in [4.78, 5) is 5.46. The molecule has 9 aromatic rings. The molecule has 0 aliphatic rings. The summed E-state index contributed by atoms with van der Waals surface area (Å²) in [7, 11) is -11.6. The van der Waals surface area contributed by atoms with Crippen molar-refractivity contribution in [1.29, 1.82) is 0 Å². The van der Waals surface area contributed by atoms with E-state index in [1.807, 2.05) is 83.4 Å². The Hall–Kier alpha value is -6.90. The van der Waals surface area contributed by atoms with Gasteiger partial charge < -0.3 is 18.1 Å². The Bertz CT molecular complexity index is 4230. The number of hydrogen-bond acceptors (Lipinski definition) is 16. The number of methoxy groups -OCH3 is 1. The Morgan fingerprint density at radius 1 is 0.520 bits per heavy atom. The van der Waals surface area contributed by atoms with Gasteiger partial charge >= 0.3 is 31.9 Å². The minimum atomic E-state index is -4.48. The monoisotopic (exact) mass is 1550 g/mol. The van der Waals surface area contributed by atoms with Crippen LogP contribution in [0.3, 0.4) is 0 Å². The molecule has 0 saturated carbocycles. The van der Waals surface area contributed by atoms with Gasteiger partial charge in [0.1, 0.15) is 33.8 Å². The fourth-order valence-electron chi connectivity index (χ4n) is 10.2. The Kier molecular flexibility index (Phi) is 36.4. The summed E-state index contributed by atoms with van der Waals surface area (Å²) in [5, 5.41) is 7.92. The van der Waals surface area contributed by atoms with Crippen molar-refractivity contribution in [1.82, 2.24) is 9.80 Å². The van der Waals surface area contributed by atoms with Crippen LogP contribution in [0.15, 0.2) is 228 Å². The smallest absolute Gasteiger partial charge is 0.335 e. The molecule has 0 atom stereocenters. The minimum Gasteiger partial charge on any atom is -1.00 e. The van der Waals surface area contributed by atoms with Gasteiger partial charge in [0, 0.05) is 89.1 Å². The van der Waals surface area contributed by atoms with Gasteiger partial charge in [-0.25, -0.2) is 12.8 Å². The highest BCUT2D eigenvalue weighted by Gasteiger charge is 2.39. The highest BCUT2D eigenvalue weighted by Crippen LogP contribution is 2.46. The molecule has 102 heavy (non-hydrogen) atoms. The summed E-state index contributed by atoms with van der Waals surface area (Å²) in [5.41, 5.74) is 5.76. The third-order valence-corrected chi connectivity index (χ3v) is 29.8. The average Bonchev–Trinajstić information content (AvgIpc) is 0.889. The first-order chi connectivity index (χ1) is 47.1. The molecule has 0 spiro atoms. The lowest BCUT2D eigenvalue weighted by molar-refractivity contribution is -0.0000341. The first-order valence-electron chi connectivity index (χ1n) is 32.4. The number of alkyl halides is 1. The van der Waals surface area contributed by atoms with Gasteiger partial charge in [-0.15, -0.1) is 26.6 Å². The maximum atomic E-state index is 12.7. The quantitative estimate of drug-likeness (QED) is 0.0156. The maximum Gasteiger partial charge on any atom is 0.335 e. The highest BCUT2D eigenvalue weighted by atomic mass is 32.3. The largest absolute Gasteiger partial charge is 1.00 e. The van der Waals surface area contributed by atoms with Crippen LogP contribution in [0.25, 0.3) is 0 Å². The Morgan fingerprint density at radius 2 is 0.873 bits per heavy atom. The van der Waals surface area contributed by atoms with Crippen molar-refractivity contribution >= 4 is 95.7 Å². The zero-order chi connectivity index (χ0) is 73.8. The van der Waals surface area contributed by atoms with Crippen molar-refractivity contribution in [2.45, 2.75) is 97.4 Å². The number of sulfone groups is 1. The molecule has 0 saturated heterocycles. The summed E-state index contributed by atoms with van der Waals surface area (Å²) >= 11 is 2.30. The first kappa shape index (κ1) is 89.3. The van der Waals surface area contributed by atoms with Crippen molar-refractivity contribution in [3.05, 3.63) is 261 Å². The van der Waals surface area contributed by atoms with Crippen molar-refractivity contribution in [3.63, 3.8) is 0 Å². The predicted molar refractivity (Wildman–Crippen MR) is 418 cm³/mol. The number of nitrogens with zero attached hydrogens (tertiary/aromatic N) is 3. The summed E-state index contributed by atoms with van der Waals surface area (Å²) in [5.74, 6) is 1.15. The molecule has 556 valence electrons. The molecule has 0 amide bonds. The Morgan fingerprint density at radius 3 is 1.21 bits per heavy atom. The SMILES string of the molecule is CN=P(c1ccccc1)(c1ccccc1)c1ccccc1.COc1ccc(C(C)(C)c2ccc(OS(=O)(=O)CCN(CCS(C)(=O)=O)Cc3cccs3)cc2)cc1.Cc1ccc(C(C)(C)c2ccc(O[Si](C)(C)C(C)(C)C)cc2)cc1.F.O=S(=O)(F)CCN(CCF)Cc1cccs1.O=S=O.[F-]. The van der Waals surface area contributed by atoms with E-state index in [4.69, 9.17) is 26.5 Å². The number of halogens is 4. The first-order valence-corrected chi connectivity index (χ1v) is 44.7. The Labute approximate surface area is 616 Å². The van der Waals surface area contributed by atoms with Gasteiger partial charge in [0.05, 0.1) is 31.4 Å². The molecule has 7 aromatic carbocycles. The van der Waals surface area contributed by atoms with Crippen LogP contribution in [0, 0.1) is 6.92 Å². The molecular formula is C76H97F4N3O11PS6Si-. The van der Waals surface area contributed by atoms with Gasteiger partial charge in [0.25, 0.3) is 0 Å². The molecule has 26 heteroatoms. The Balaban J connectivity index is 0.000000360. The highest BCUT2D eigenvalue weighted by molar-refractivity contribution is 7.90. The van der Waals surface area contributed by atoms with E-state index >= 15 is 0 Å². The fraction of sp³-hybridized carbons (Fsp3) is 0.342. The van der Waals surface area contributed by atoms with Crippen molar-refractivity contribution in [2.24, 2.45) is 4.74 Å². The van der Waals surface area contributed by atoms with Crippen LogP contribution in [0.2, 0.25) is 18.1 Å². The number of thiophene rings is 2. The molecular weight excluding hydrogens is 1460 g/mol. The lowest BCUT2D eigenvalue weighted by Crippen LogP contribution is -3.00. The van der Waals surface area contributed by atoms with Crippen LogP contribution in [-0.4, -0.2) is 122 Å². The van der Waals surface area contributed by atoms with E-state index in [1.54, 1.807) is 35.5 Å². The number of rotatable bonds is 27. The number of ether oxygens (including phenoxy) is 1. The third kappa shape index (κ3) is 28.6. The fourth-order valence-corrected chi connectivity index (χ4v) is 18.2. The summed E-state index contributed by atoms with van der Waals surface area (Å²) in [6, 6.07) is 72.0. The number of benzene rings is 7. The topological polar surface area (TPSA) is 183 Å². The van der Waals surface area contributed by atoms with Crippen molar-refractivity contribution in [2.75, 3.05) is 70.5 Å². The molecule has 0 fully saturated rings. The van der Waals surface area contributed by atoms with E-state index in [0.29, 0.717) is 13.1 Å². The molecule has 14 nitrogen and oxygen atoms in total. The van der Waals surface area contributed by atoms with Crippen LogP contribution in [0.5, 0.6) is 17.2 Å². The summed E-state index contributed by atoms with van der Waals surface area (Å²) < 4.78 is 132. The third-order valence-electron chi connectivity index (χ3n) is 17.2. The van der Waals surface area contributed by atoms with Crippen molar-refractivity contribution < 1.29 is 64.7 Å². The maximum absolute atomic E-state index is 12.7. The summed E-state index contributed by atoms with van der Waals surface area (Å²) in [6.45, 7) is 23.2. The molecule has 0 N–H and O–H groups in total. The molecule has 9 rings (SSSR count). The van der Waals surface area contributed by atoms with E-state index < -0.39 is 69.5 Å². The van der Waals surface area contributed by atoms with E-state index in [0.717, 1.165) is 32.4 Å². The van der Waals surface area contributed by atoms with E-state index in [2.05, 4.69) is 208 Å². The van der Waals surface area contributed by atoms with E-state index in [1.165, 1.54) is 50.2 Å². The molecule has 0 bridgehead atoms. The zero-order valence-electron chi connectivity index (χ0n) is 60.2. The van der Waals surface area contributed by atoms with E-state index in [-0.39, 0.29) is 68.7 Å². The van der Waals surface area contributed by atoms with Gasteiger partial charge in [-0.3, -0.25) is 19.2 Å². The van der Waals surface area contributed by atoms with Crippen LogP contribution in [0.1, 0.15) is 86.0 Å². The lowest BCUT2D eigenvalue weighted by Gasteiger charge is -2.36. The second-order valence-corrected chi connectivity index (χ2v) is 41.9. The second kappa shape index (κ2) is 41.6. The minimum absolute atomic E-state index is 0. The zero-order valence-corrected chi connectivity index (χ0v) is 67.0. The number of hydrogen-bond donors (Lipinski definition) is 0. The standard InChI is InChI=1S/C26H33NO6S3.C22H32OSi.C19H18NP.C9H13F2NO2S2.2FH.O2S/c1-26(2,21-7-11-23(32-3)12-8-21)22-9-13-24(14-10-22)33-36(30,31)19-16-27(15-18-35(4,28)29)20-25-6-5-17-34-25;1-17-9-11-18(12-10-17)22(5,6)19-13-15-20(16-14-19)23-24(7,8)21(2,3)4;1-20-21(17-11-5-2-6-12-17,18-13-7-3-8-14-18)19-15-9-4-10-16-19;10-3-4-12(5-7-16(11,13)14)8-9-2-1-6-15-9;;;1-3-2/h5-14,17H,15-16,18-20H2,1-4H3;9-16H,1-8H3;2-16H,1H3;1-2,6H,3-5,7-8H2;2*1H;/p-1. The molecule has 2 aromatic heterocycles.